The molecule has 0 aromatic heterocycles. The van der Waals surface area contributed by atoms with E-state index in [9.17, 15) is 9.59 Å². The summed E-state index contributed by atoms with van der Waals surface area (Å²) in [7, 11) is 0. The quantitative estimate of drug-likeness (QED) is 0.559. The second-order valence-corrected chi connectivity index (χ2v) is 3.25. The largest absolute Gasteiger partial charge is 0.346 e. The van der Waals surface area contributed by atoms with Crippen molar-refractivity contribution >= 4 is 11.9 Å². The zero-order valence-electron chi connectivity index (χ0n) is 7.99. The van der Waals surface area contributed by atoms with Crippen LogP contribution in [0.25, 0.3) is 0 Å². The van der Waals surface area contributed by atoms with Crippen molar-refractivity contribution in [1.82, 2.24) is 0 Å². The molecule has 14 heavy (non-hydrogen) atoms. The molecule has 0 saturated carbocycles. The Balaban J connectivity index is 2.28. The number of hydrogen-bond acceptors (Lipinski definition) is 5. The van der Waals surface area contributed by atoms with Gasteiger partial charge in [-0.2, -0.15) is 0 Å². The lowest BCUT2D eigenvalue weighted by molar-refractivity contribution is -0.459. The van der Waals surface area contributed by atoms with E-state index >= 15 is 0 Å². The molecule has 1 heterocycles. The highest BCUT2D eigenvalue weighted by molar-refractivity contribution is 5.69. The van der Waals surface area contributed by atoms with Crippen LogP contribution in [0.4, 0.5) is 0 Å². The third kappa shape index (κ3) is 4.81. The lowest BCUT2D eigenvalue weighted by Gasteiger charge is -2.05. The summed E-state index contributed by atoms with van der Waals surface area (Å²) in [4.78, 5) is 30.1. The summed E-state index contributed by atoms with van der Waals surface area (Å²) < 4.78 is 0. The Labute approximate surface area is 82.2 Å². The monoisotopic (exact) mass is 202 g/mol. The van der Waals surface area contributed by atoms with E-state index in [0.29, 0.717) is 12.8 Å². The van der Waals surface area contributed by atoms with E-state index in [2.05, 4.69) is 14.8 Å². The molecule has 1 saturated heterocycles. The minimum Gasteiger partial charge on any atom is -0.260 e. The van der Waals surface area contributed by atoms with Gasteiger partial charge in [0.15, 0.2) is 0 Å². The minimum atomic E-state index is -0.502. The number of hydrogen-bond donors (Lipinski definition) is 0. The fraction of sp³-hybridized carbons (Fsp3) is 0.778. The molecule has 1 aliphatic rings. The SMILES string of the molecule is O=C1CCCCCCCC(=O)OOO1. The van der Waals surface area contributed by atoms with Gasteiger partial charge in [0.05, 0.1) is 0 Å². The number of carbonyl (C=O) groups is 2. The van der Waals surface area contributed by atoms with Gasteiger partial charge in [-0.15, -0.1) is 0 Å². The lowest BCUT2D eigenvalue weighted by Crippen LogP contribution is -2.11. The highest BCUT2D eigenvalue weighted by Crippen LogP contribution is 2.09. The summed E-state index contributed by atoms with van der Waals surface area (Å²) in [6.07, 6.45) is 5.16. The first-order valence-corrected chi connectivity index (χ1v) is 4.86. The summed E-state index contributed by atoms with van der Waals surface area (Å²) >= 11 is 0. The van der Waals surface area contributed by atoms with Crippen LogP contribution in [0.5, 0.6) is 0 Å². The predicted octanol–water partition coefficient (Wildman–Crippen LogP) is 1.66. The standard InChI is InChI=1S/C9H14O5/c10-8-6-4-2-1-3-5-7-9(11)13-14-12-8/h1-7H2. The Hall–Kier alpha value is -1.10. The molecule has 80 valence electrons. The highest BCUT2D eigenvalue weighted by atomic mass is 17.5. The van der Waals surface area contributed by atoms with Crippen LogP contribution in [0, 0.1) is 0 Å². The van der Waals surface area contributed by atoms with Crippen molar-refractivity contribution in [2.24, 2.45) is 0 Å². The third-order valence-corrected chi connectivity index (χ3v) is 2.02. The Morgan fingerprint density at radius 2 is 1.14 bits per heavy atom. The molecule has 0 amide bonds. The van der Waals surface area contributed by atoms with Gasteiger partial charge < -0.3 is 0 Å². The minimum absolute atomic E-state index is 0.303. The Morgan fingerprint density at radius 3 is 1.64 bits per heavy atom. The molecule has 5 heteroatoms. The van der Waals surface area contributed by atoms with E-state index in [-0.39, 0.29) is 0 Å². The predicted molar refractivity (Wildman–Crippen MR) is 45.6 cm³/mol. The molecule has 5 nitrogen and oxygen atoms in total. The maximum Gasteiger partial charge on any atom is 0.346 e. The maximum absolute atomic E-state index is 10.9. The van der Waals surface area contributed by atoms with Crippen LogP contribution in [-0.2, 0) is 24.4 Å². The summed E-state index contributed by atoms with van der Waals surface area (Å²) in [5, 5.41) is 4.03. The zero-order valence-corrected chi connectivity index (χ0v) is 7.99. The molecule has 1 fully saturated rings. The van der Waals surface area contributed by atoms with E-state index in [0.717, 1.165) is 32.1 Å². The van der Waals surface area contributed by atoms with Gasteiger partial charge in [-0.25, -0.2) is 9.59 Å². The summed E-state index contributed by atoms with van der Waals surface area (Å²) in [6, 6.07) is 0. The molecule has 0 N–H and O–H groups in total. The fourth-order valence-electron chi connectivity index (χ4n) is 1.25. The molecule has 0 bridgehead atoms. The Bertz CT molecular complexity index is 181. The molecule has 1 aliphatic heterocycles. The molecule has 0 spiro atoms. The average molecular weight is 202 g/mol. The van der Waals surface area contributed by atoms with Crippen LogP contribution >= 0.6 is 0 Å². The van der Waals surface area contributed by atoms with Crippen molar-refractivity contribution in [2.75, 3.05) is 0 Å². The topological polar surface area (TPSA) is 61.8 Å². The first-order chi connectivity index (χ1) is 6.79. The van der Waals surface area contributed by atoms with Gasteiger partial charge in [-0.3, -0.25) is 9.78 Å². The van der Waals surface area contributed by atoms with Crippen LogP contribution in [0.2, 0.25) is 0 Å². The van der Waals surface area contributed by atoms with Crippen molar-refractivity contribution in [1.29, 1.82) is 0 Å². The molecular weight excluding hydrogens is 188 g/mol. The number of carbonyl (C=O) groups excluding carboxylic acids is 2. The second-order valence-electron chi connectivity index (χ2n) is 3.25. The van der Waals surface area contributed by atoms with E-state index in [4.69, 9.17) is 0 Å². The van der Waals surface area contributed by atoms with Gasteiger partial charge in [0, 0.05) is 17.9 Å². The molecule has 0 unspecified atom stereocenters. The van der Waals surface area contributed by atoms with Crippen LogP contribution < -0.4 is 0 Å². The smallest absolute Gasteiger partial charge is 0.260 e. The molecular formula is C9H14O5. The zero-order chi connectivity index (χ0) is 10.2. The normalized spacial score (nSPS) is 21.4. The van der Waals surface area contributed by atoms with Crippen molar-refractivity contribution in [3.05, 3.63) is 0 Å². The van der Waals surface area contributed by atoms with Crippen molar-refractivity contribution in [2.45, 2.75) is 44.9 Å². The average Bonchev–Trinajstić information content (AvgIpc) is 2.14. The van der Waals surface area contributed by atoms with Gasteiger partial charge >= 0.3 is 11.9 Å². The van der Waals surface area contributed by atoms with Gasteiger partial charge in [-0.05, 0) is 12.8 Å². The van der Waals surface area contributed by atoms with Gasteiger partial charge in [0.2, 0.25) is 0 Å². The van der Waals surface area contributed by atoms with Crippen molar-refractivity contribution in [3.8, 4) is 0 Å². The first kappa shape index (κ1) is 11.0. The van der Waals surface area contributed by atoms with Crippen molar-refractivity contribution < 1.29 is 24.4 Å². The van der Waals surface area contributed by atoms with E-state index in [1.165, 1.54) is 0 Å². The molecule has 0 aromatic rings. The molecule has 0 aromatic carbocycles. The van der Waals surface area contributed by atoms with Crippen LogP contribution in [0.3, 0.4) is 0 Å². The van der Waals surface area contributed by atoms with Crippen molar-refractivity contribution in [3.63, 3.8) is 0 Å². The first-order valence-electron chi connectivity index (χ1n) is 4.86. The van der Waals surface area contributed by atoms with E-state index in [1.807, 2.05) is 0 Å². The molecule has 0 atom stereocenters. The lowest BCUT2D eigenvalue weighted by atomic mass is 10.1. The van der Waals surface area contributed by atoms with E-state index in [1.54, 1.807) is 0 Å². The van der Waals surface area contributed by atoms with Gasteiger partial charge in [-0.1, -0.05) is 19.3 Å². The second kappa shape index (κ2) is 6.37. The van der Waals surface area contributed by atoms with Crippen LogP contribution in [0.15, 0.2) is 0 Å². The molecule has 1 rings (SSSR count). The molecule has 0 radical (unpaired) electrons. The number of rotatable bonds is 0. The maximum atomic E-state index is 10.9. The van der Waals surface area contributed by atoms with Crippen LogP contribution in [0.1, 0.15) is 44.9 Å². The summed E-state index contributed by atoms with van der Waals surface area (Å²) in [6.45, 7) is 0. The van der Waals surface area contributed by atoms with Crippen LogP contribution in [-0.4, -0.2) is 11.9 Å². The molecule has 0 aliphatic carbocycles. The summed E-state index contributed by atoms with van der Waals surface area (Å²) in [5.74, 6) is -1.00. The van der Waals surface area contributed by atoms with Gasteiger partial charge in [0.1, 0.15) is 0 Å². The Kier molecular flexibility index (Phi) is 4.99. The summed E-state index contributed by atoms with van der Waals surface area (Å²) in [5.41, 5.74) is 0. The fourth-order valence-corrected chi connectivity index (χ4v) is 1.25. The Morgan fingerprint density at radius 1 is 0.714 bits per heavy atom. The van der Waals surface area contributed by atoms with E-state index < -0.39 is 11.9 Å². The highest BCUT2D eigenvalue weighted by Gasteiger charge is 2.09. The van der Waals surface area contributed by atoms with Gasteiger partial charge in [0.25, 0.3) is 0 Å². The third-order valence-electron chi connectivity index (χ3n) is 2.02.